The molecule has 0 spiro atoms. The van der Waals surface area contributed by atoms with Crippen molar-refractivity contribution in [2.45, 2.75) is 5.01 Å². The smallest absolute Gasteiger partial charge is 0.215 e. The molecule has 0 heterocycles. The van der Waals surface area contributed by atoms with E-state index >= 15 is 0 Å². The Morgan fingerprint density at radius 1 is 1.06 bits per heavy atom. The first-order valence-electron chi connectivity index (χ1n) is 5.32. The first-order valence-corrected chi connectivity index (χ1v) is 6.62. The van der Waals surface area contributed by atoms with Gasteiger partial charge in [0, 0.05) is 10.6 Å². The Hall–Kier alpha value is -1.32. The van der Waals surface area contributed by atoms with Crippen LogP contribution in [-0.2, 0) is 0 Å². The number of Topliss-reactive ketones (excluding diaryl/α,β-unsaturated/α-hetero) is 1. The molecule has 1 atom stereocenters. The van der Waals surface area contributed by atoms with Gasteiger partial charge in [0.05, 0.1) is 0 Å². The third-order valence-electron chi connectivity index (χ3n) is 2.32. The highest BCUT2D eigenvalue weighted by Gasteiger charge is 2.18. The first-order chi connectivity index (χ1) is 8.66. The number of rotatable bonds is 4. The van der Waals surface area contributed by atoms with Gasteiger partial charge in [-0.15, -0.1) is 0 Å². The molecule has 0 saturated heterocycles. The number of para-hydroxylation sites is 1. The first kappa shape index (κ1) is 13.1. The second-order valence-electron chi connectivity index (χ2n) is 3.62. The molecule has 92 valence electrons. The summed E-state index contributed by atoms with van der Waals surface area (Å²) in [7, 11) is 0. The maximum Gasteiger partial charge on any atom is 0.215 e. The lowest BCUT2D eigenvalue weighted by molar-refractivity contribution is 0.0897. The van der Waals surface area contributed by atoms with E-state index in [1.165, 1.54) is 0 Å². The molecule has 2 aromatic rings. The second-order valence-corrected chi connectivity index (χ2v) is 4.89. The lowest BCUT2D eigenvalue weighted by atomic mass is 10.1. The zero-order valence-corrected chi connectivity index (χ0v) is 11.7. The van der Waals surface area contributed by atoms with Gasteiger partial charge in [-0.25, -0.2) is 0 Å². The van der Waals surface area contributed by atoms with Crippen LogP contribution in [0.15, 0.2) is 54.6 Å². The van der Waals surface area contributed by atoms with Crippen molar-refractivity contribution in [1.82, 2.24) is 0 Å². The van der Waals surface area contributed by atoms with Crippen LogP contribution >= 0.6 is 27.5 Å². The summed E-state index contributed by atoms with van der Waals surface area (Å²) in [6.45, 7) is 0. The van der Waals surface area contributed by atoms with E-state index in [2.05, 4.69) is 15.9 Å². The number of alkyl halides is 1. The number of ketones is 1. The number of halogens is 2. The molecule has 0 bridgehead atoms. The van der Waals surface area contributed by atoms with Crippen molar-refractivity contribution in [3.63, 3.8) is 0 Å². The molecule has 18 heavy (non-hydrogen) atoms. The van der Waals surface area contributed by atoms with Crippen molar-refractivity contribution < 1.29 is 9.53 Å². The van der Waals surface area contributed by atoms with Crippen LogP contribution in [0.5, 0.6) is 5.75 Å². The van der Waals surface area contributed by atoms with Gasteiger partial charge < -0.3 is 4.74 Å². The molecule has 0 saturated carbocycles. The predicted octanol–water partition coefficient (Wildman–Crippen LogP) is 4.32. The van der Waals surface area contributed by atoms with Gasteiger partial charge in [-0.05, 0) is 52.3 Å². The van der Waals surface area contributed by atoms with Gasteiger partial charge in [0.2, 0.25) is 10.8 Å². The Labute approximate surface area is 119 Å². The largest absolute Gasteiger partial charge is 0.471 e. The summed E-state index contributed by atoms with van der Waals surface area (Å²) >= 11 is 9.00. The van der Waals surface area contributed by atoms with E-state index in [4.69, 9.17) is 16.3 Å². The Bertz CT molecular complexity index is 525. The van der Waals surface area contributed by atoms with Crippen LogP contribution in [-0.4, -0.2) is 10.8 Å². The molecule has 0 amide bonds. The van der Waals surface area contributed by atoms with Crippen LogP contribution in [0, 0.1) is 0 Å². The SMILES string of the molecule is O=C(c1ccc(Cl)cc1)C(Br)Oc1ccccc1. The normalized spacial score (nSPS) is 11.9. The van der Waals surface area contributed by atoms with Crippen LogP contribution in [0.25, 0.3) is 0 Å². The molecular weight excluding hydrogens is 316 g/mol. The van der Waals surface area contributed by atoms with E-state index in [-0.39, 0.29) is 5.78 Å². The number of carbonyl (C=O) groups excluding carboxylic acids is 1. The van der Waals surface area contributed by atoms with E-state index in [1.807, 2.05) is 18.2 Å². The molecule has 1 unspecified atom stereocenters. The fourth-order valence-electron chi connectivity index (χ4n) is 1.42. The minimum atomic E-state index is -0.707. The second kappa shape index (κ2) is 6.03. The Balaban J connectivity index is 2.07. The molecule has 2 nitrogen and oxygen atoms in total. The number of hydrogen-bond acceptors (Lipinski definition) is 2. The third kappa shape index (κ3) is 3.34. The van der Waals surface area contributed by atoms with E-state index in [0.29, 0.717) is 16.3 Å². The standard InChI is InChI=1S/C14H10BrClO2/c15-14(18-12-4-2-1-3-5-12)13(17)10-6-8-11(16)9-7-10/h1-9,14H. The van der Waals surface area contributed by atoms with Crippen molar-refractivity contribution in [2.75, 3.05) is 0 Å². The van der Waals surface area contributed by atoms with Gasteiger partial charge in [0.1, 0.15) is 5.75 Å². The fourth-order valence-corrected chi connectivity index (χ4v) is 2.02. The predicted molar refractivity (Wildman–Crippen MR) is 75.6 cm³/mol. The minimum absolute atomic E-state index is 0.143. The van der Waals surface area contributed by atoms with Crippen LogP contribution < -0.4 is 4.74 Å². The maximum atomic E-state index is 12.0. The van der Waals surface area contributed by atoms with Crippen LogP contribution in [0.3, 0.4) is 0 Å². The van der Waals surface area contributed by atoms with E-state index in [9.17, 15) is 4.79 Å². The number of ether oxygens (including phenoxy) is 1. The van der Waals surface area contributed by atoms with E-state index in [1.54, 1.807) is 36.4 Å². The van der Waals surface area contributed by atoms with Crippen molar-refractivity contribution in [3.8, 4) is 5.75 Å². The average molecular weight is 326 g/mol. The molecular formula is C14H10BrClO2. The van der Waals surface area contributed by atoms with Crippen LogP contribution in [0.2, 0.25) is 5.02 Å². The summed E-state index contributed by atoms with van der Waals surface area (Å²) in [5, 5.41) is -0.109. The summed E-state index contributed by atoms with van der Waals surface area (Å²) in [6, 6.07) is 15.9. The van der Waals surface area contributed by atoms with Gasteiger partial charge in [-0.1, -0.05) is 29.8 Å². The van der Waals surface area contributed by atoms with Crippen molar-refractivity contribution in [2.24, 2.45) is 0 Å². The molecule has 0 aromatic heterocycles. The summed E-state index contributed by atoms with van der Waals surface area (Å²) < 4.78 is 5.49. The van der Waals surface area contributed by atoms with Gasteiger partial charge in [-0.3, -0.25) is 4.79 Å². The van der Waals surface area contributed by atoms with Gasteiger partial charge in [-0.2, -0.15) is 0 Å². The molecule has 0 aliphatic rings. The molecule has 4 heteroatoms. The number of carbonyl (C=O) groups is 1. The minimum Gasteiger partial charge on any atom is -0.471 e. The number of hydrogen-bond donors (Lipinski definition) is 0. The molecule has 0 N–H and O–H groups in total. The summed E-state index contributed by atoms with van der Waals surface area (Å²) in [5.74, 6) is 0.497. The summed E-state index contributed by atoms with van der Waals surface area (Å²) in [5.41, 5.74) is 0.553. The highest BCUT2D eigenvalue weighted by atomic mass is 79.9. The number of benzene rings is 2. The summed E-state index contributed by atoms with van der Waals surface area (Å²) in [6.07, 6.45) is 0. The molecule has 0 fully saturated rings. The zero-order chi connectivity index (χ0) is 13.0. The average Bonchev–Trinajstić information content (AvgIpc) is 2.40. The lowest BCUT2D eigenvalue weighted by Crippen LogP contribution is -2.20. The van der Waals surface area contributed by atoms with E-state index < -0.39 is 5.01 Å². The zero-order valence-electron chi connectivity index (χ0n) is 9.35. The fraction of sp³-hybridized carbons (Fsp3) is 0.0714. The highest BCUT2D eigenvalue weighted by Crippen LogP contribution is 2.18. The Morgan fingerprint density at radius 2 is 1.67 bits per heavy atom. The van der Waals surface area contributed by atoms with Crippen LogP contribution in [0.4, 0.5) is 0 Å². The Morgan fingerprint density at radius 3 is 2.28 bits per heavy atom. The van der Waals surface area contributed by atoms with Crippen LogP contribution in [0.1, 0.15) is 10.4 Å². The molecule has 0 aliphatic carbocycles. The van der Waals surface area contributed by atoms with Crippen molar-refractivity contribution in [3.05, 3.63) is 65.2 Å². The Kier molecular flexibility index (Phi) is 4.39. The highest BCUT2D eigenvalue weighted by molar-refractivity contribution is 9.09. The molecule has 0 radical (unpaired) electrons. The van der Waals surface area contributed by atoms with E-state index in [0.717, 1.165) is 0 Å². The van der Waals surface area contributed by atoms with Gasteiger partial charge in [0.15, 0.2) is 0 Å². The quantitative estimate of drug-likeness (QED) is 0.618. The van der Waals surface area contributed by atoms with Gasteiger partial charge in [0.25, 0.3) is 0 Å². The molecule has 2 aromatic carbocycles. The monoisotopic (exact) mass is 324 g/mol. The van der Waals surface area contributed by atoms with Crippen molar-refractivity contribution >= 4 is 33.3 Å². The lowest BCUT2D eigenvalue weighted by Gasteiger charge is -2.12. The molecule has 0 aliphatic heterocycles. The van der Waals surface area contributed by atoms with Crippen molar-refractivity contribution in [1.29, 1.82) is 0 Å². The molecule has 2 rings (SSSR count). The third-order valence-corrected chi connectivity index (χ3v) is 3.17. The topological polar surface area (TPSA) is 26.3 Å². The van der Waals surface area contributed by atoms with Gasteiger partial charge >= 0.3 is 0 Å². The maximum absolute atomic E-state index is 12.0. The summed E-state index contributed by atoms with van der Waals surface area (Å²) in [4.78, 5) is 12.0.